The summed E-state index contributed by atoms with van der Waals surface area (Å²) < 4.78 is 0. The Balaban J connectivity index is 2.18. The number of rotatable bonds is 0. The van der Waals surface area contributed by atoms with Crippen LogP contribution >= 0.6 is 0 Å². The highest BCUT2D eigenvalue weighted by Gasteiger charge is 2.60. The van der Waals surface area contributed by atoms with Crippen molar-refractivity contribution >= 4 is 10.9 Å². The van der Waals surface area contributed by atoms with E-state index in [0.29, 0.717) is 11.0 Å². The molecular formula is C8H15O3S+. The van der Waals surface area contributed by atoms with Crippen LogP contribution in [0.1, 0.15) is 13.3 Å². The smallest absolute Gasteiger partial charge is 0.172 e. The Hall–Kier alpha value is 0.230. The van der Waals surface area contributed by atoms with Crippen molar-refractivity contribution < 1.29 is 15.3 Å². The van der Waals surface area contributed by atoms with Gasteiger partial charge in [-0.05, 0) is 6.92 Å². The molecule has 0 aliphatic carbocycles. The van der Waals surface area contributed by atoms with Gasteiger partial charge >= 0.3 is 0 Å². The molecule has 0 aromatic heterocycles. The lowest BCUT2D eigenvalue weighted by molar-refractivity contribution is 0.0148. The van der Waals surface area contributed by atoms with Crippen molar-refractivity contribution in [3.8, 4) is 0 Å². The molecule has 70 valence electrons. The van der Waals surface area contributed by atoms with Crippen LogP contribution in [0.2, 0.25) is 0 Å². The number of aliphatic hydroxyl groups is 3. The molecule has 4 heteroatoms. The Labute approximate surface area is 74.8 Å². The summed E-state index contributed by atoms with van der Waals surface area (Å²) in [5.74, 6) is 0.685. The molecule has 2 rings (SSSR count). The Morgan fingerprint density at radius 3 is 2.42 bits per heavy atom. The van der Waals surface area contributed by atoms with Crippen molar-refractivity contribution in [3.63, 3.8) is 0 Å². The molecule has 2 aliphatic heterocycles. The minimum Gasteiger partial charge on any atom is -0.388 e. The van der Waals surface area contributed by atoms with E-state index >= 15 is 0 Å². The molecule has 0 saturated carbocycles. The first-order valence-corrected chi connectivity index (χ1v) is 5.86. The second kappa shape index (κ2) is 2.87. The second-order valence-corrected chi connectivity index (χ2v) is 6.39. The monoisotopic (exact) mass is 191 g/mol. The van der Waals surface area contributed by atoms with Crippen LogP contribution in [0, 0.1) is 0 Å². The quantitative estimate of drug-likeness (QED) is 0.424. The van der Waals surface area contributed by atoms with E-state index in [2.05, 4.69) is 6.92 Å². The second-order valence-electron chi connectivity index (χ2n) is 3.77. The molecular weight excluding hydrogens is 176 g/mol. The fraction of sp³-hybridized carbons (Fsp3) is 1.00. The summed E-state index contributed by atoms with van der Waals surface area (Å²) in [5, 5.41) is 29.0. The zero-order valence-electron chi connectivity index (χ0n) is 7.05. The summed E-state index contributed by atoms with van der Waals surface area (Å²) in [4.78, 5) is 0. The molecule has 2 heterocycles. The van der Waals surface area contributed by atoms with Crippen LogP contribution in [0.3, 0.4) is 0 Å². The molecule has 2 fully saturated rings. The van der Waals surface area contributed by atoms with Crippen molar-refractivity contribution in [1.29, 1.82) is 0 Å². The predicted octanol–water partition coefficient (Wildman–Crippen LogP) is -1.14. The topological polar surface area (TPSA) is 60.7 Å². The highest BCUT2D eigenvalue weighted by atomic mass is 32.2. The van der Waals surface area contributed by atoms with Gasteiger partial charge in [0.15, 0.2) is 5.25 Å². The number of hydrogen-bond donors (Lipinski definition) is 3. The van der Waals surface area contributed by atoms with Gasteiger partial charge in [0, 0.05) is 17.3 Å². The SMILES string of the molecule is C[C@@H]1C[C@H](O)[C@@H]2[C@@H](O)[C@H](O)C[S+]21. The summed E-state index contributed by atoms with van der Waals surface area (Å²) in [6.07, 6.45) is -0.892. The van der Waals surface area contributed by atoms with Gasteiger partial charge in [-0.15, -0.1) is 0 Å². The van der Waals surface area contributed by atoms with Gasteiger partial charge < -0.3 is 15.3 Å². The molecule has 12 heavy (non-hydrogen) atoms. The van der Waals surface area contributed by atoms with E-state index in [-0.39, 0.29) is 16.1 Å². The van der Waals surface area contributed by atoms with Crippen LogP contribution in [0.15, 0.2) is 0 Å². The lowest BCUT2D eigenvalue weighted by atomic mass is 10.0. The maximum absolute atomic E-state index is 9.59. The molecule has 1 unspecified atom stereocenters. The van der Waals surface area contributed by atoms with Gasteiger partial charge in [-0.1, -0.05) is 0 Å². The van der Waals surface area contributed by atoms with Crippen molar-refractivity contribution in [1.82, 2.24) is 0 Å². The molecule has 2 saturated heterocycles. The first-order chi connectivity index (χ1) is 5.61. The highest BCUT2D eigenvalue weighted by Crippen LogP contribution is 2.38. The van der Waals surface area contributed by atoms with Crippen LogP contribution in [-0.4, -0.2) is 49.9 Å². The van der Waals surface area contributed by atoms with Crippen LogP contribution in [0.25, 0.3) is 0 Å². The Kier molecular flexibility index (Phi) is 2.11. The number of aliphatic hydroxyl groups excluding tert-OH is 3. The van der Waals surface area contributed by atoms with E-state index in [1.165, 1.54) is 0 Å². The predicted molar refractivity (Wildman–Crippen MR) is 48.1 cm³/mol. The fourth-order valence-electron chi connectivity index (χ4n) is 2.26. The van der Waals surface area contributed by atoms with E-state index < -0.39 is 18.3 Å². The highest BCUT2D eigenvalue weighted by molar-refractivity contribution is 7.98. The Morgan fingerprint density at radius 1 is 1.17 bits per heavy atom. The standard InChI is InChI=1S/C8H15O3S/c1-4-2-5(9)8-7(11)6(10)3-12(4)8/h4-11H,2-3H2,1H3/q+1/t4-,5+,6-,7+,8-,12?/m1/s1. The van der Waals surface area contributed by atoms with E-state index in [9.17, 15) is 15.3 Å². The lowest BCUT2D eigenvalue weighted by Crippen LogP contribution is -2.36. The summed E-state index contributed by atoms with van der Waals surface area (Å²) in [6.45, 7) is 2.09. The van der Waals surface area contributed by atoms with Crippen molar-refractivity contribution in [3.05, 3.63) is 0 Å². The van der Waals surface area contributed by atoms with E-state index in [0.717, 1.165) is 6.42 Å². The third-order valence-electron chi connectivity index (χ3n) is 2.91. The molecule has 2 aliphatic rings. The maximum atomic E-state index is 9.59. The van der Waals surface area contributed by atoms with Crippen LogP contribution in [0.4, 0.5) is 0 Å². The third kappa shape index (κ3) is 1.09. The average molecular weight is 191 g/mol. The third-order valence-corrected chi connectivity index (χ3v) is 6.16. The minimum absolute atomic E-state index is 0.0463. The zero-order valence-corrected chi connectivity index (χ0v) is 7.87. The van der Waals surface area contributed by atoms with Crippen LogP contribution in [0.5, 0.6) is 0 Å². The molecule has 0 aromatic carbocycles. The molecule has 0 spiro atoms. The first kappa shape index (κ1) is 8.81. The largest absolute Gasteiger partial charge is 0.388 e. The summed E-state index contributed by atoms with van der Waals surface area (Å²) in [7, 11) is 0.0471. The van der Waals surface area contributed by atoms with Crippen molar-refractivity contribution in [2.24, 2.45) is 0 Å². The number of fused-ring (bicyclic) bond motifs is 1. The van der Waals surface area contributed by atoms with Gasteiger partial charge in [0.05, 0.1) is 0 Å². The number of hydrogen-bond acceptors (Lipinski definition) is 3. The van der Waals surface area contributed by atoms with Gasteiger partial charge in [0.1, 0.15) is 29.3 Å². The molecule has 0 aromatic rings. The average Bonchev–Trinajstić information content (AvgIpc) is 2.41. The first-order valence-electron chi connectivity index (χ1n) is 4.34. The van der Waals surface area contributed by atoms with Crippen molar-refractivity contribution in [2.45, 2.75) is 42.2 Å². The van der Waals surface area contributed by atoms with E-state index in [1.807, 2.05) is 0 Å². The van der Waals surface area contributed by atoms with Gasteiger partial charge in [0.2, 0.25) is 0 Å². The van der Waals surface area contributed by atoms with Crippen molar-refractivity contribution in [2.75, 3.05) is 5.75 Å². The molecule has 3 nitrogen and oxygen atoms in total. The molecule has 0 amide bonds. The molecule has 0 bridgehead atoms. The fourth-order valence-corrected chi connectivity index (χ4v) is 5.44. The summed E-state index contributed by atoms with van der Waals surface area (Å²) >= 11 is 0. The minimum atomic E-state index is -0.687. The van der Waals surface area contributed by atoms with E-state index in [1.54, 1.807) is 0 Å². The Morgan fingerprint density at radius 2 is 1.83 bits per heavy atom. The maximum Gasteiger partial charge on any atom is 0.172 e. The lowest BCUT2D eigenvalue weighted by Gasteiger charge is -2.11. The van der Waals surface area contributed by atoms with Gasteiger partial charge in [0.25, 0.3) is 0 Å². The Bertz CT molecular complexity index is 187. The molecule has 6 atom stereocenters. The summed E-state index contributed by atoms with van der Waals surface area (Å²) in [5.41, 5.74) is 0. The zero-order chi connectivity index (χ0) is 8.88. The van der Waals surface area contributed by atoms with E-state index in [4.69, 9.17) is 0 Å². The molecule has 3 N–H and O–H groups in total. The van der Waals surface area contributed by atoms with Gasteiger partial charge in [-0.25, -0.2) is 0 Å². The van der Waals surface area contributed by atoms with Gasteiger partial charge in [-0.2, -0.15) is 0 Å². The van der Waals surface area contributed by atoms with Crippen LogP contribution < -0.4 is 0 Å². The summed E-state index contributed by atoms with van der Waals surface area (Å²) in [6, 6.07) is 0. The van der Waals surface area contributed by atoms with Crippen LogP contribution in [-0.2, 0) is 10.9 Å². The molecule has 0 radical (unpaired) electrons. The normalized spacial score (nSPS) is 59.0. The van der Waals surface area contributed by atoms with Gasteiger partial charge in [-0.3, -0.25) is 0 Å².